The van der Waals surface area contributed by atoms with Crippen molar-refractivity contribution in [2.75, 3.05) is 18.4 Å². The van der Waals surface area contributed by atoms with Crippen LogP contribution in [0.1, 0.15) is 44.6 Å². The molecule has 0 radical (unpaired) electrons. The molecule has 1 aliphatic carbocycles. The number of amides is 1. The van der Waals surface area contributed by atoms with Crippen LogP contribution in [0.15, 0.2) is 23.2 Å². The smallest absolute Gasteiger partial charge is 0.226 e. The molecule has 0 spiro atoms. The number of carbonyl (C=O) groups excluding carboxylic acids is 1. The Bertz CT molecular complexity index is 588. The van der Waals surface area contributed by atoms with Crippen LogP contribution in [0, 0.1) is 6.92 Å². The summed E-state index contributed by atoms with van der Waals surface area (Å²) in [6.45, 7) is 5.25. The molecule has 1 aliphatic rings. The van der Waals surface area contributed by atoms with E-state index in [1.165, 1.54) is 25.7 Å². The molecule has 7 heteroatoms. The van der Waals surface area contributed by atoms with Crippen LogP contribution in [0.5, 0.6) is 0 Å². The normalized spacial score (nSPS) is 14.8. The molecule has 0 heterocycles. The van der Waals surface area contributed by atoms with Gasteiger partial charge in [0, 0.05) is 19.0 Å². The monoisotopic (exact) mass is 478 g/mol. The number of hydrogen-bond donors (Lipinski definition) is 3. The van der Waals surface area contributed by atoms with Crippen molar-refractivity contribution in [1.82, 2.24) is 10.6 Å². The summed E-state index contributed by atoms with van der Waals surface area (Å²) in [7, 11) is 0. The molecule has 1 aromatic carbocycles. The molecule has 0 unspecified atom stereocenters. The molecule has 1 aromatic rings. The van der Waals surface area contributed by atoms with E-state index in [0.29, 0.717) is 29.7 Å². The maximum atomic E-state index is 12.1. The maximum absolute atomic E-state index is 12.1. The summed E-state index contributed by atoms with van der Waals surface area (Å²) in [6, 6.07) is 6.09. The topological polar surface area (TPSA) is 65.5 Å². The van der Waals surface area contributed by atoms with Crippen molar-refractivity contribution in [2.45, 2.75) is 52.0 Å². The lowest BCUT2D eigenvalue weighted by Crippen LogP contribution is -2.42. The minimum Gasteiger partial charge on any atom is -0.357 e. The number of hydrogen-bond acceptors (Lipinski definition) is 2. The van der Waals surface area contributed by atoms with Crippen molar-refractivity contribution in [1.29, 1.82) is 0 Å². The Morgan fingerprint density at radius 2 is 2.04 bits per heavy atom. The Morgan fingerprint density at radius 1 is 1.32 bits per heavy atom. The fraction of sp³-hybridized carbons (Fsp3) is 0.556. The van der Waals surface area contributed by atoms with Crippen LogP contribution in [-0.4, -0.2) is 31.0 Å². The van der Waals surface area contributed by atoms with Gasteiger partial charge >= 0.3 is 0 Å². The van der Waals surface area contributed by atoms with Crippen LogP contribution in [-0.2, 0) is 4.79 Å². The second-order valence-electron chi connectivity index (χ2n) is 6.17. The first-order valence-corrected chi connectivity index (χ1v) is 9.07. The van der Waals surface area contributed by atoms with Crippen LogP contribution >= 0.6 is 35.6 Å². The van der Waals surface area contributed by atoms with Gasteiger partial charge in [-0.3, -0.25) is 9.79 Å². The molecule has 3 N–H and O–H groups in total. The first-order valence-electron chi connectivity index (χ1n) is 8.69. The van der Waals surface area contributed by atoms with Gasteiger partial charge in [0.15, 0.2) is 5.96 Å². The molecule has 0 bridgehead atoms. The summed E-state index contributed by atoms with van der Waals surface area (Å²) >= 11 is 6.13. The third-order valence-electron chi connectivity index (χ3n) is 4.05. The number of aliphatic imine (C=N–C) groups is 1. The molecular formula is C18H28ClIN4O. The van der Waals surface area contributed by atoms with Crippen molar-refractivity contribution < 1.29 is 4.79 Å². The number of aryl methyl sites for hydroxylation is 1. The summed E-state index contributed by atoms with van der Waals surface area (Å²) in [5.41, 5.74) is 1.71. The highest BCUT2D eigenvalue weighted by molar-refractivity contribution is 14.0. The molecule has 0 aromatic heterocycles. The fourth-order valence-corrected chi connectivity index (χ4v) is 3.07. The molecule has 5 nitrogen and oxygen atoms in total. The highest BCUT2D eigenvalue weighted by Crippen LogP contribution is 2.22. The standard InChI is InChI=1S/C18H27ClN4O.HI/c1-3-20-18(22-14-6-4-5-7-14)21-11-10-17(24)23-16-9-8-13(2)12-15(16)19;/h8-9,12,14H,3-7,10-11H2,1-2H3,(H,23,24)(H2,20,21,22);1H. The first-order chi connectivity index (χ1) is 11.6. The highest BCUT2D eigenvalue weighted by Gasteiger charge is 2.15. The largest absolute Gasteiger partial charge is 0.357 e. The number of nitrogens with one attached hydrogen (secondary N) is 3. The lowest BCUT2D eigenvalue weighted by atomic mass is 10.2. The van der Waals surface area contributed by atoms with Gasteiger partial charge in [-0.1, -0.05) is 30.5 Å². The molecular weight excluding hydrogens is 451 g/mol. The molecule has 1 saturated carbocycles. The van der Waals surface area contributed by atoms with E-state index in [0.717, 1.165) is 18.1 Å². The van der Waals surface area contributed by atoms with Gasteiger partial charge in [-0.2, -0.15) is 0 Å². The van der Waals surface area contributed by atoms with E-state index < -0.39 is 0 Å². The average molecular weight is 479 g/mol. The zero-order chi connectivity index (χ0) is 17.4. The van der Waals surface area contributed by atoms with Gasteiger partial charge in [-0.05, 0) is 44.4 Å². The molecule has 0 atom stereocenters. The van der Waals surface area contributed by atoms with Gasteiger partial charge in [-0.25, -0.2) is 0 Å². The Hall–Kier alpha value is -1.02. The number of rotatable bonds is 6. The van der Waals surface area contributed by atoms with E-state index in [2.05, 4.69) is 20.9 Å². The van der Waals surface area contributed by atoms with Crippen molar-refractivity contribution in [3.8, 4) is 0 Å². The minimum absolute atomic E-state index is 0. The van der Waals surface area contributed by atoms with E-state index in [9.17, 15) is 4.79 Å². The Kier molecular flexibility index (Phi) is 10.2. The number of anilines is 1. The minimum atomic E-state index is -0.0822. The van der Waals surface area contributed by atoms with Gasteiger partial charge in [-0.15, -0.1) is 24.0 Å². The summed E-state index contributed by atoms with van der Waals surface area (Å²) in [5.74, 6) is 0.715. The number of nitrogens with zero attached hydrogens (tertiary/aromatic N) is 1. The molecule has 25 heavy (non-hydrogen) atoms. The van der Waals surface area contributed by atoms with E-state index in [-0.39, 0.29) is 29.9 Å². The average Bonchev–Trinajstić information content (AvgIpc) is 3.03. The van der Waals surface area contributed by atoms with Crippen molar-refractivity contribution in [2.24, 2.45) is 4.99 Å². The molecule has 0 saturated heterocycles. The van der Waals surface area contributed by atoms with E-state index >= 15 is 0 Å². The van der Waals surface area contributed by atoms with Crippen molar-refractivity contribution in [3.63, 3.8) is 0 Å². The lowest BCUT2D eigenvalue weighted by Gasteiger charge is -2.16. The Morgan fingerprint density at radius 3 is 2.68 bits per heavy atom. The SMILES string of the molecule is CCNC(=NCCC(=O)Nc1ccc(C)cc1Cl)NC1CCCC1.I. The first kappa shape index (κ1) is 22.0. The summed E-state index contributed by atoms with van der Waals surface area (Å²) in [6.07, 6.45) is 5.26. The van der Waals surface area contributed by atoms with Crippen LogP contribution < -0.4 is 16.0 Å². The second kappa shape index (κ2) is 11.6. The van der Waals surface area contributed by atoms with Gasteiger partial charge < -0.3 is 16.0 Å². The van der Waals surface area contributed by atoms with Crippen LogP contribution in [0.25, 0.3) is 0 Å². The predicted molar refractivity (Wildman–Crippen MR) is 116 cm³/mol. The Balaban J connectivity index is 0.00000312. The lowest BCUT2D eigenvalue weighted by molar-refractivity contribution is -0.116. The third kappa shape index (κ3) is 7.81. The van der Waals surface area contributed by atoms with Gasteiger partial charge in [0.2, 0.25) is 5.91 Å². The van der Waals surface area contributed by atoms with E-state index in [4.69, 9.17) is 11.6 Å². The van der Waals surface area contributed by atoms with E-state index in [1.807, 2.05) is 32.0 Å². The molecule has 140 valence electrons. The highest BCUT2D eigenvalue weighted by atomic mass is 127. The molecule has 2 rings (SSSR count). The zero-order valence-corrected chi connectivity index (χ0v) is 18.0. The quantitative estimate of drug-likeness (QED) is 0.328. The summed E-state index contributed by atoms with van der Waals surface area (Å²) < 4.78 is 0. The molecule has 0 aliphatic heterocycles. The number of halogens is 2. The maximum Gasteiger partial charge on any atom is 0.226 e. The predicted octanol–water partition coefficient (Wildman–Crippen LogP) is 4.09. The van der Waals surface area contributed by atoms with Crippen LogP contribution in [0.2, 0.25) is 5.02 Å². The summed E-state index contributed by atoms with van der Waals surface area (Å²) in [4.78, 5) is 16.5. The molecule has 1 fully saturated rings. The fourth-order valence-electron chi connectivity index (χ4n) is 2.79. The van der Waals surface area contributed by atoms with Gasteiger partial charge in [0.1, 0.15) is 0 Å². The van der Waals surface area contributed by atoms with Gasteiger partial charge in [0.25, 0.3) is 0 Å². The zero-order valence-electron chi connectivity index (χ0n) is 14.9. The van der Waals surface area contributed by atoms with Crippen molar-refractivity contribution >= 4 is 53.1 Å². The van der Waals surface area contributed by atoms with Crippen molar-refractivity contribution in [3.05, 3.63) is 28.8 Å². The second-order valence-corrected chi connectivity index (χ2v) is 6.58. The number of carbonyl (C=O) groups is 1. The molecule has 1 amide bonds. The van der Waals surface area contributed by atoms with Crippen LogP contribution in [0.4, 0.5) is 5.69 Å². The number of benzene rings is 1. The third-order valence-corrected chi connectivity index (χ3v) is 4.36. The Labute approximate surface area is 172 Å². The van der Waals surface area contributed by atoms with Crippen LogP contribution in [0.3, 0.4) is 0 Å². The number of guanidine groups is 1. The summed E-state index contributed by atoms with van der Waals surface area (Å²) in [5, 5.41) is 10.1. The van der Waals surface area contributed by atoms with E-state index in [1.54, 1.807) is 0 Å². The van der Waals surface area contributed by atoms with Gasteiger partial charge in [0.05, 0.1) is 17.3 Å².